The lowest BCUT2D eigenvalue weighted by molar-refractivity contribution is 0.0954. The number of benzene rings is 1. The maximum atomic E-state index is 12.5. The van der Waals surface area contributed by atoms with E-state index in [4.69, 9.17) is 4.98 Å². The van der Waals surface area contributed by atoms with Crippen molar-refractivity contribution in [3.63, 3.8) is 0 Å². The number of carbonyl (C=O) groups is 1. The standard InChI is InChI=1S/C17H20N2O/c1-3-10-18-17(20)15-12-7-5-9-14(12)19-16-11(2)6-4-8-13(15)16/h4,6,8H,3,5,7,9-10H2,1-2H3,(H,18,20). The lowest BCUT2D eigenvalue weighted by Crippen LogP contribution is -2.25. The number of pyridine rings is 1. The Labute approximate surface area is 119 Å². The van der Waals surface area contributed by atoms with Gasteiger partial charge in [-0.2, -0.15) is 0 Å². The summed E-state index contributed by atoms with van der Waals surface area (Å²) >= 11 is 0. The van der Waals surface area contributed by atoms with E-state index in [2.05, 4.69) is 25.2 Å². The highest BCUT2D eigenvalue weighted by molar-refractivity contribution is 6.08. The summed E-state index contributed by atoms with van der Waals surface area (Å²) in [5, 5.41) is 4.02. The third-order valence-corrected chi connectivity index (χ3v) is 4.01. The second-order valence-electron chi connectivity index (χ2n) is 5.49. The van der Waals surface area contributed by atoms with Crippen LogP contribution in [0.15, 0.2) is 18.2 Å². The van der Waals surface area contributed by atoms with Gasteiger partial charge in [0, 0.05) is 17.6 Å². The third kappa shape index (κ3) is 2.07. The van der Waals surface area contributed by atoms with Crippen LogP contribution in [0.25, 0.3) is 10.9 Å². The number of carbonyl (C=O) groups excluding carboxylic acids is 1. The number of hydrogen-bond acceptors (Lipinski definition) is 2. The first-order valence-electron chi connectivity index (χ1n) is 7.41. The van der Waals surface area contributed by atoms with Gasteiger partial charge in [-0.3, -0.25) is 9.78 Å². The quantitative estimate of drug-likeness (QED) is 0.929. The molecule has 1 amide bonds. The fourth-order valence-corrected chi connectivity index (χ4v) is 3.01. The summed E-state index contributed by atoms with van der Waals surface area (Å²) < 4.78 is 0. The van der Waals surface area contributed by atoms with Crippen LogP contribution in [0.4, 0.5) is 0 Å². The molecule has 1 aliphatic carbocycles. The largest absolute Gasteiger partial charge is 0.352 e. The van der Waals surface area contributed by atoms with Crippen molar-refractivity contribution in [1.29, 1.82) is 0 Å². The van der Waals surface area contributed by atoms with Gasteiger partial charge in [-0.15, -0.1) is 0 Å². The first-order valence-corrected chi connectivity index (χ1v) is 7.41. The van der Waals surface area contributed by atoms with Crippen LogP contribution in [0.5, 0.6) is 0 Å². The molecule has 0 bridgehead atoms. The second-order valence-corrected chi connectivity index (χ2v) is 5.49. The molecule has 1 aliphatic rings. The second kappa shape index (κ2) is 5.23. The van der Waals surface area contributed by atoms with E-state index in [-0.39, 0.29) is 5.91 Å². The Hall–Kier alpha value is -1.90. The van der Waals surface area contributed by atoms with E-state index >= 15 is 0 Å². The minimum Gasteiger partial charge on any atom is -0.352 e. The summed E-state index contributed by atoms with van der Waals surface area (Å²) in [4.78, 5) is 17.3. The Morgan fingerprint density at radius 3 is 3.00 bits per heavy atom. The van der Waals surface area contributed by atoms with Crippen molar-refractivity contribution in [3.05, 3.63) is 40.6 Å². The SMILES string of the molecule is CCCNC(=O)c1c2c(nc3c(C)cccc13)CCC2. The number of para-hydroxylation sites is 1. The first kappa shape index (κ1) is 13.1. The molecule has 1 aromatic heterocycles. The average Bonchev–Trinajstić information content (AvgIpc) is 2.91. The molecule has 3 heteroatoms. The van der Waals surface area contributed by atoms with Crippen LogP contribution in [0.3, 0.4) is 0 Å². The molecular weight excluding hydrogens is 248 g/mol. The van der Waals surface area contributed by atoms with Gasteiger partial charge >= 0.3 is 0 Å². The minimum atomic E-state index is 0.0583. The maximum absolute atomic E-state index is 12.5. The number of nitrogens with zero attached hydrogens (tertiary/aromatic N) is 1. The van der Waals surface area contributed by atoms with Gasteiger partial charge in [0.15, 0.2) is 0 Å². The topological polar surface area (TPSA) is 42.0 Å². The van der Waals surface area contributed by atoms with Crippen molar-refractivity contribution >= 4 is 16.8 Å². The number of aromatic nitrogens is 1. The van der Waals surface area contributed by atoms with Gasteiger partial charge in [-0.1, -0.05) is 25.1 Å². The summed E-state index contributed by atoms with van der Waals surface area (Å²) in [5.41, 5.74) is 5.27. The van der Waals surface area contributed by atoms with Crippen LogP contribution in [-0.2, 0) is 12.8 Å². The highest BCUT2D eigenvalue weighted by Gasteiger charge is 2.23. The molecule has 0 radical (unpaired) electrons. The molecule has 0 atom stereocenters. The van der Waals surface area contributed by atoms with Gasteiger partial charge in [0.25, 0.3) is 5.91 Å². The zero-order valence-corrected chi connectivity index (χ0v) is 12.1. The molecule has 0 aliphatic heterocycles. The Morgan fingerprint density at radius 2 is 2.20 bits per heavy atom. The van der Waals surface area contributed by atoms with E-state index in [0.717, 1.165) is 65.5 Å². The van der Waals surface area contributed by atoms with Gasteiger partial charge in [-0.25, -0.2) is 0 Å². The molecular formula is C17H20N2O. The molecule has 1 heterocycles. The van der Waals surface area contributed by atoms with Crippen LogP contribution in [0, 0.1) is 6.92 Å². The Kier molecular flexibility index (Phi) is 3.43. The molecule has 0 unspecified atom stereocenters. The lowest BCUT2D eigenvalue weighted by atomic mass is 9.98. The monoisotopic (exact) mass is 268 g/mol. The summed E-state index contributed by atoms with van der Waals surface area (Å²) in [6.07, 6.45) is 4.02. The van der Waals surface area contributed by atoms with Crippen molar-refractivity contribution in [2.45, 2.75) is 39.5 Å². The van der Waals surface area contributed by atoms with Crippen molar-refractivity contribution in [2.24, 2.45) is 0 Å². The van der Waals surface area contributed by atoms with E-state index in [1.165, 1.54) is 0 Å². The van der Waals surface area contributed by atoms with Crippen LogP contribution in [0.1, 0.15) is 46.9 Å². The highest BCUT2D eigenvalue weighted by Crippen LogP contribution is 2.31. The van der Waals surface area contributed by atoms with E-state index in [1.807, 2.05) is 12.1 Å². The number of amides is 1. The fraction of sp³-hybridized carbons (Fsp3) is 0.412. The number of aryl methyl sites for hydroxylation is 2. The van der Waals surface area contributed by atoms with E-state index in [1.54, 1.807) is 0 Å². The average molecular weight is 268 g/mol. The summed E-state index contributed by atoms with van der Waals surface area (Å²) in [6.45, 7) is 4.85. The molecule has 2 aromatic rings. The molecule has 0 saturated carbocycles. The molecule has 3 nitrogen and oxygen atoms in total. The fourth-order valence-electron chi connectivity index (χ4n) is 3.01. The number of hydrogen-bond donors (Lipinski definition) is 1. The molecule has 20 heavy (non-hydrogen) atoms. The molecule has 1 aromatic carbocycles. The zero-order chi connectivity index (χ0) is 14.1. The van der Waals surface area contributed by atoms with E-state index in [0.29, 0.717) is 0 Å². The van der Waals surface area contributed by atoms with Crippen molar-refractivity contribution in [2.75, 3.05) is 6.54 Å². The normalized spacial score (nSPS) is 13.5. The van der Waals surface area contributed by atoms with Crippen LogP contribution in [-0.4, -0.2) is 17.4 Å². The summed E-state index contributed by atoms with van der Waals surface area (Å²) in [6, 6.07) is 6.09. The van der Waals surface area contributed by atoms with Crippen molar-refractivity contribution < 1.29 is 4.79 Å². The summed E-state index contributed by atoms with van der Waals surface area (Å²) in [5.74, 6) is 0.0583. The summed E-state index contributed by atoms with van der Waals surface area (Å²) in [7, 11) is 0. The van der Waals surface area contributed by atoms with Gasteiger partial charge < -0.3 is 5.32 Å². The first-order chi connectivity index (χ1) is 9.72. The van der Waals surface area contributed by atoms with Crippen LogP contribution < -0.4 is 5.32 Å². The highest BCUT2D eigenvalue weighted by atomic mass is 16.1. The van der Waals surface area contributed by atoms with Gasteiger partial charge in [-0.05, 0) is 43.7 Å². The zero-order valence-electron chi connectivity index (χ0n) is 12.1. The van der Waals surface area contributed by atoms with Crippen molar-refractivity contribution in [3.8, 4) is 0 Å². The molecule has 3 rings (SSSR count). The molecule has 0 spiro atoms. The Morgan fingerprint density at radius 1 is 1.35 bits per heavy atom. The number of fused-ring (bicyclic) bond motifs is 2. The van der Waals surface area contributed by atoms with Crippen LogP contribution in [0.2, 0.25) is 0 Å². The van der Waals surface area contributed by atoms with Gasteiger partial charge in [0.2, 0.25) is 0 Å². The van der Waals surface area contributed by atoms with Gasteiger partial charge in [0.05, 0.1) is 11.1 Å². The predicted octanol–water partition coefficient (Wildman–Crippen LogP) is 3.17. The lowest BCUT2D eigenvalue weighted by Gasteiger charge is -2.13. The number of nitrogens with one attached hydrogen (secondary N) is 1. The Balaban J connectivity index is 2.22. The maximum Gasteiger partial charge on any atom is 0.252 e. The van der Waals surface area contributed by atoms with Gasteiger partial charge in [0.1, 0.15) is 0 Å². The van der Waals surface area contributed by atoms with E-state index < -0.39 is 0 Å². The minimum absolute atomic E-state index is 0.0583. The van der Waals surface area contributed by atoms with Crippen molar-refractivity contribution in [1.82, 2.24) is 10.3 Å². The van der Waals surface area contributed by atoms with Crippen LogP contribution >= 0.6 is 0 Å². The Bertz CT molecular complexity index is 676. The molecule has 104 valence electrons. The molecule has 0 saturated heterocycles. The van der Waals surface area contributed by atoms with E-state index in [9.17, 15) is 4.79 Å². The number of rotatable bonds is 3. The third-order valence-electron chi connectivity index (χ3n) is 4.01. The molecule has 1 N–H and O–H groups in total. The smallest absolute Gasteiger partial charge is 0.252 e. The molecule has 0 fully saturated rings. The predicted molar refractivity (Wildman–Crippen MR) is 81.1 cm³/mol.